The van der Waals surface area contributed by atoms with E-state index in [9.17, 15) is 9.59 Å². The third-order valence-electron chi connectivity index (χ3n) is 9.38. The third kappa shape index (κ3) is 19.6. The molecule has 1 aromatic rings. The lowest BCUT2D eigenvalue weighted by Gasteiger charge is -2.37. The van der Waals surface area contributed by atoms with Crippen LogP contribution in [0.15, 0.2) is 54.6 Å². The number of allylic oxidation sites excluding steroid dienone is 2. The van der Waals surface area contributed by atoms with Gasteiger partial charge in [-0.3, -0.25) is 4.90 Å². The fraction of sp³-hybridized carbons (Fsp3) is 0.707. The summed E-state index contributed by atoms with van der Waals surface area (Å²) in [5, 5.41) is 9.45. The summed E-state index contributed by atoms with van der Waals surface area (Å²) in [6.07, 6.45) is 37.2. The van der Waals surface area contributed by atoms with Crippen LogP contribution < -0.4 is 20.9 Å². The molecular formula is C41H70N4O2. The summed E-state index contributed by atoms with van der Waals surface area (Å²) in [4.78, 5) is 28.3. The topological polar surface area (TPSA) is 73.5 Å². The highest BCUT2D eigenvalue weighted by Gasteiger charge is 2.34. The van der Waals surface area contributed by atoms with Gasteiger partial charge in [-0.05, 0) is 31.4 Å². The molecule has 0 fully saturated rings. The Hall–Kier alpha value is -2.76. The van der Waals surface area contributed by atoms with E-state index in [-0.39, 0.29) is 12.1 Å². The number of anilines is 1. The van der Waals surface area contributed by atoms with Gasteiger partial charge in [-0.2, -0.15) is 0 Å². The normalized spacial score (nSPS) is 15.4. The van der Waals surface area contributed by atoms with Crippen LogP contribution >= 0.6 is 0 Å². The van der Waals surface area contributed by atoms with E-state index in [4.69, 9.17) is 0 Å². The molecule has 1 aliphatic rings. The molecule has 0 spiro atoms. The second-order valence-corrected chi connectivity index (χ2v) is 13.8. The van der Waals surface area contributed by atoms with Gasteiger partial charge in [0, 0.05) is 18.8 Å². The van der Waals surface area contributed by atoms with Gasteiger partial charge in [0.25, 0.3) is 0 Å². The van der Waals surface area contributed by atoms with Crippen LogP contribution in [0.3, 0.4) is 0 Å². The summed E-state index contributed by atoms with van der Waals surface area (Å²) >= 11 is 0. The number of unbranched alkanes of at least 4 members (excludes halogenated alkanes) is 20. The predicted octanol–water partition coefficient (Wildman–Crippen LogP) is 11.4. The molecular weight excluding hydrogens is 580 g/mol. The molecule has 1 unspecified atom stereocenters. The number of hydrogen-bond donors (Lipinski definition) is 3. The van der Waals surface area contributed by atoms with E-state index >= 15 is 0 Å². The molecule has 0 aliphatic heterocycles. The number of para-hydroxylation sites is 1. The van der Waals surface area contributed by atoms with Crippen LogP contribution in [0.4, 0.5) is 15.3 Å². The van der Waals surface area contributed by atoms with Gasteiger partial charge >= 0.3 is 12.1 Å². The first kappa shape index (κ1) is 40.4. The van der Waals surface area contributed by atoms with Gasteiger partial charge in [0.2, 0.25) is 0 Å². The number of carbonyl (C=O) groups excluding carboxylic acids is 2. The molecule has 0 radical (unpaired) electrons. The number of benzene rings is 1. The van der Waals surface area contributed by atoms with Crippen LogP contribution in [0.1, 0.15) is 162 Å². The van der Waals surface area contributed by atoms with E-state index in [2.05, 4.69) is 35.9 Å². The van der Waals surface area contributed by atoms with Crippen LogP contribution in [-0.4, -0.2) is 37.2 Å². The Balaban J connectivity index is 1.67. The molecule has 6 heteroatoms. The van der Waals surface area contributed by atoms with Gasteiger partial charge in [0.1, 0.15) is 0 Å². The summed E-state index contributed by atoms with van der Waals surface area (Å²) in [7, 11) is 0. The Kier molecular flexibility index (Phi) is 23.4. The molecule has 2 rings (SSSR count). The lowest BCUT2D eigenvalue weighted by atomic mass is 9.90. The fourth-order valence-corrected chi connectivity index (χ4v) is 6.43. The van der Waals surface area contributed by atoms with Gasteiger partial charge in [-0.15, -0.1) is 0 Å². The maximum absolute atomic E-state index is 13.5. The summed E-state index contributed by atoms with van der Waals surface area (Å²) in [5.41, 5.74) is 0.145. The van der Waals surface area contributed by atoms with Crippen LogP contribution in [0.2, 0.25) is 0 Å². The molecule has 1 atom stereocenters. The smallest absolute Gasteiger partial charge is 0.321 e. The maximum atomic E-state index is 13.5. The van der Waals surface area contributed by atoms with E-state index < -0.39 is 5.54 Å². The van der Waals surface area contributed by atoms with Crippen molar-refractivity contribution in [2.45, 2.75) is 167 Å². The van der Waals surface area contributed by atoms with Crippen molar-refractivity contribution in [2.75, 3.05) is 24.5 Å². The van der Waals surface area contributed by atoms with Crippen molar-refractivity contribution in [2.24, 2.45) is 0 Å². The number of nitrogens with zero attached hydrogens (tertiary/aromatic N) is 1. The second kappa shape index (κ2) is 27.2. The van der Waals surface area contributed by atoms with Crippen molar-refractivity contribution in [3.63, 3.8) is 0 Å². The molecule has 1 aromatic carbocycles. The van der Waals surface area contributed by atoms with Gasteiger partial charge < -0.3 is 16.0 Å². The Labute approximate surface area is 289 Å². The second-order valence-electron chi connectivity index (χ2n) is 13.8. The minimum absolute atomic E-state index is 0.123. The quantitative estimate of drug-likeness (QED) is 0.0790. The molecule has 6 nitrogen and oxygen atoms in total. The lowest BCUT2D eigenvalue weighted by Crippen LogP contribution is -2.59. The van der Waals surface area contributed by atoms with E-state index in [0.717, 1.165) is 31.4 Å². The molecule has 0 bridgehead atoms. The highest BCUT2D eigenvalue weighted by molar-refractivity contribution is 5.92. The SMILES string of the molecule is CCCCCCCCCCCCCCCCCCNC(=O)NC1(CN(C(=O)NCCCCCCCC)c2ccccc2)C=CC=CC1. The molecule has 266 valence electrons. The number of rotatable bonds is 28. The van der Waals surface area contributed by atoms with Gasteiger partial charge in [0.15, 0.2) is 0 Å². The number of nitrogens with one attached hydrogen (secondary N) is 3. The molecule has 1 aliphatic carbocycles. The highest BCUT2D eigenvalue weighted by Crippen LogP contribution is 2.24. The Morgan fingerprint density at radius 2 is 1.09 bits per heavy atom. The first-order valence-electron chi connectivity index (χ1n) is 19.6. The monoisotopic (exact) mass is 651 g/mol. The lowest BCUT2D eigenvalue weighted by molar-refractivity contribution is 0.228. The van der Waals surface area contributed by atoms with Crippen molar-refractivity contribution in [3.05, 3.63) is 54.6 Å². The Bertz CT molecular complexity index is 979. The molecule has 3 N–H and O–H groups in total. The first-order chi connectivity index (χ1) is 23.1. The van der Waals surface area contributed by atoms with E-state index in [1.165, 1.54) is 116 Å². The summed E-state index contributed by atoms with van der Waals surface area (Å²) in [6.45, 7) is 6.19. The van der Waals surface area contributed by atoms with Crippen molar-refractivity contribution in [3.8, 4) is 0 Å². The van der Waals surface area contributed by atoms with E-state index in [0.29, 0.717) is 26.1 Å². The zero-order chi connectivity index (χ0) is 33.7. The van der Waals surface area contributed by atoms with Gasteiger partial charge in [0.05, 0.1) is 12.1 Å². The van der Waals surface area contributed by atoms with Crippen molar-refractivity contribution in [1.82, 2.24) is 16.0 Å². The van der Waals surface area contributed by atoms with Crippen LogP contribution in [-0.2, 0) is 0 Å². The van der Waals surface area contributed by atoms with Crippen LogP contribution in [0.25, 0.3) is 0 Å². The minimum Gasteiger partial charge on any atom is -0.338 e. The molecule has 0 aromatic heterocycles. The number of carbonyl (C=O) groups is 2. The average molecular weight is 651 g/mol. The molecule has 0 saturated heterocycles. The highest BCUT2D eigenvalue weighted by atomic mass is 16.2. The molecule has 0 heterocycles. The summed E-state index contributed by atoms with van der Waals surface area (Å²) in [5.74, 6) is 0. The zero-order valence-corrected chi connectivity index (χ0v) is 30.3. The van der Waals surface area contributed by atoms with Crippen LogP contribution in [0, 0.1) is 0 Å². The van der Waals surface area contributed by atoms with Crippen LogP contribution in [0.5, 0.6) is 0 Å². The van der Waals surface area contributed by atoms with E-state index in [1.54, 1.807) is 4.90 Å². The molecule has 47 heavy (non-hydrogen) atoms. The Morgan fingerprint density at radius 3 is 1.55 bits per heavy atom. The third-order valence-corrected chi connectivity index (χ3v) is 9.38. The number of hydrogen-bond acceptors (Lipinski definition) is 2. The Morgan fingerprint density at radius 1 is 0.617 bits per heavy atom. The standard InChI is InChI=1S/C41H70N4O2/c1-3-5-7-9-11-12-13-14-15-16-17-18-19-20-22-29-35-42-39(46)44-41(33-27-24-28-34-41)37-45(38-31-25-23-26-32-38)40(47)43-36-30-21-10-8-6-4-2/h23-28,31-33H,3-22,29-30,34-37H2,1-2H3,(H,43,47)(H2,42,44,46). The van der Waals surface area contributed by atoms with Crippen molar-refractivity contribution >= 4 is 17.7 Å². The zero-order valence-electron chi connectivity index (χ0n) is 30.3. The maximum Gasteiger partial charge on any atom is 0.321 e. The fourth-order valence-electron chi connectivity index (χ4n) is 6.43. The molecule has 0 saturated carbocycles. The van der Waals surface area contributed by atoms with Gasteiger partial charge in [-0.1, -0.05) is 185 Å². The summed E-state index contributed by atoms with van der Waals surface area (Å²) in [6, 6.07) is 9.47. The number of amides is 4. The first-order valence-corrected chi connectivity index (χ1v) is 19.6. The largest absolute Gasteiger partial charge is 0.338 e. The van der Waals surface area contributed by atoms with E-state index in [1.807, 2.05) is 48.6 Å². The summed E-state index contributed by atoms with van der Waals surface area (Å²) < 4.78 is 0. The minimum atomic E-state index is -0.680. The number of urea groups is 2. The van der Waals surface area contributed by atoms with Crippen molar-refractivity contribution in [1.29, 1.82) is 0 Å². The molecule has 4 amide bonds. The predicted molar refractivity (Wildman–Crippen MR) is 202 cm³/mol. The van der Waals surface area contributed by atoms with Crippen molar-refractivity contribution < 1.29 is 9.59 Å². The average Bonchev–Trinajstić information content (AvgIpc) is 3.09. The van der Waals surface area contributed by atoms with Gasteiger partial charge in [-0.25, -0.2) is 9.59 Å².